The summed E-state index contributed by atoms with van der Waals surface area (Å²) in [5.74, 6) is -0.710. The van der Waals surface area contributed by atoms with Gasteiger partial charge in [-0.2, -0.15) is 5.26 Å². The fourth-order valence-corrected chi connectivity index (χ4v) is 4.88. The highest BCUT2D eigenvalue weighted by atomic mass is 32.2. The van der Waals surface area contributed by atoms with Gasteiger partial charge in [0, 0.05) is 46.1 Å². The van der Waals surface area contributed by atoms with Gasteiger partial charge in [-0.1, -0.05) is 17.8 Å². The number of nitro benzene ring substituents is 1. The third kappa shape index (κ3) is 4.28. The van der Waals surface area contributed by atoms with Crippen LogP contribution in [-0.2, 0) is 11.3 Å². The minimum atomic E-state index is -0.710. The van der Waals surface area contributed by atoms with E-state index in [0.29, 0.717) is 25.9 Å². The Hall–Kier alpha value is -3.68. The van der Waals surface area contributed by atoms with Crippen molar-refractivity contribution in [2.24, 2.45) is 0 Å². The molecule has 0 aliphatic carbocycles. The number of ether oxygens (including phenoxy) is 1. The number of hydrogen-bond acceptors (Lipinski definition) is 8. The first kappa shape index (κ1) is 20.6. The molecule has 0 atom stereocenters. The number of nitriles is 1. The fraction of sp³-hybridized carbons (Fsp3) is 0.0952. The van der Waals surface area contributed by atoms with Gasteiger partial charge in [-0.15, -0.1) is 11.3 Å². The van der Waals surface area contributed by atoms with Gasteiger partial charge in [-0.3, -0.25) is 10.1 Å². The normalized spacial score (nSPS) is 10.7. The average molecular weight is 451 g/mol. The zero-order valence-corrected chi connectivity index (χ0v) is 17.8. The molecule has 0 amide bonds. The molecule has 8 nitrogen and oxygen atoms in total. The van der Waals surface area contributed by atoms with E-state index in [0.717, 1.165) is 5.69 Å². The number of fused-ring (bicyclic) bond motifs is 1. The largest absolute Gasteiger partial charge is 0.457 e. The number of pyridine rings is 1. The second-order valence-electron chi connectivity index (χ2n) is 6.50. The van der Waals surface area contributed by atoms with Crippen LogP contribution in [0.4, 0.5) is 5.69 Å². The van der Waals surface area contributed by atoms with Crippen LogP contribution in [-0.4, -0.2) is 20.3 Å². The number of carbonyl (C=O) groups excluding carboxylic acids is 1. The summed E-state index contributed by atoms with van der Waals surface area (Å²) in [4.78, 5) is 28.4. The molecule has 0 saturated heterocycles. The standard InChI is InChI=1S/C21H14N4O4S2/c1-13-12-30-21(23-13)31-19-6-5-15(25(27)28)8-16(19)20(26)29-11-14-10-24-7-3-2-4-18(24)17(14)9-22/h2-8,10,12H,11H2,1H3. The van der Waals surface area contributed by atoms with E-state index < -0.39 is 10.9 Å². The molecule has 0 bridgehead atoms. The highest BCUT2D eigenvalue weighted by molar-refractivity contribution is 8.01. The summed E-state index contributed by atoms with van der Waals surface area (Å²) in [6, 6.07) is 11.6. The molecule has 0 aliphatic rings. The maximum Gasteiger partial charge on any atom is 0.339 e. The van der Waals surface area contributed by atoms with Gasteiger partial charge in [0.2, 0.25) is 0 Å². The minimum Gasteiger partial charge on any atom is -0.457 e. The second kappa shape index (κ2) is 8.59. The Balaban J connectivity index is 1.62. The molecule has 0 saturated carbocycles. The Morgan fingerprint density at radius 2 is 2.23 bits per heavy atom. The van der Waals surface area contributed by atoms with Crippen LogP contribution in [0.2, 0.25) is 0 Å². The van der Waals surface area contributed by atoms with E-state index in [4.69, 9.17) is 4.74 Å². The van der Waals surface area contributed by atoms with Crippen LogP contribution in [0.5, 0.6) is 0 Å². The summed E-state index contributed by atoms with van der Waals surface area (Å²) in [6.45, 7) is 1.73. The molecule has 4 aromatic rings. The molecule has 0 N–H and O–H groups in total. The predicted octanol–water partition coefficient (Wildman–Crippen LogP) is 4.99. The van der Waals surface area contributed by atoms with E-state index >= 15 is 0 Å². The molecule has 0 spiro atoms. The molecule has 1 aromatic carbocycles. The molecule has 154 valence electrons. The Morgan fingerprint density at radius 3 is 2.94 bits per heavy atom. The van der Waals surface area contributed by atoms with E-state index in [1.54, 1.807) is 22.9 Å². The lowest BCUT2D eigenvalue weighted by Crippen LogP contribution is -2.08. The third-order valence-electron chi connectivity index (χ3n) is 4.42. The quantitative estimate of drug-likeness (QED) is 0.231. The maximum absolute atomic E-state index is 12.9. The molecule has 0 fully saturated rings. The van der Waals surface area contributed by atoms with Gasteiger partial charge in [-0.05, 0) is 25.1 Å². The number of esters is 1. The van der Waals surface area contributed by atoms with Crippen molar-refractivity contribution < 1.29 is 14.5 Å². The Labute approximate surface area is 184 Å². The zero-order chi connectivity index (χ0) is 22.0. The molecule has 10 heteroatoms. The van der Waals surface area contributed by atoms with Gasteiger partial charge in [0.1, 0.15) is 12.7 Å². The van der Waals surface area contributed by atoms with Crippen molar-refractivity contribution in [1.29, 1.82) is 5.26 Å². The molecule has 3 aromatic heterocycles. The lowest BCUT2D eigenvalue weighted by molar-refractivity contribution is -0.384. The molecule has 0 radical (unpaired) electrons. The first-order chi connectivity index (χ1) is 15.0. The summed E-state index contributed by atoms with van der Waals surface area (Å²) < 4.78 is 7.94. The van der Waals surface area contributed by atoms with Crippen molar-refractivity contribution in [3.8, 4) is 6.07 Å². The first-order valence-corrected chi connectivity index (χ1v) is 10.7. The van der Waals surface area contributed by atoms with Crippen molar-refractivity contribution in [2.45, 2.75) is 22.8 Å². The Morgan fingerprint density at radius 1 is 1.39 bits per heavy atom. The number of non-ortho nitro benzene ring substituents is 1. The van der Waals surface area contributed by atoms with Gasteiger partial charge in [0.05, 0.1) is 21.6 Å². The van der Waals surface area contributed by atoms with Gasteiger partial charge >= 0.3 is 5.97 Å². The van der Waals surface area contributed by atoms with E-state index in [2.05, 4.69) is 11.1 Å². The average Bonchev–Trinajstić information content (AvgIpc) is 3.34. The number of benzene rings is 1. The molecule has 0 aliphatic heterocycles. The molecular weight excluding hydrogens is 436 g/mol. The van der Waals surface area contributed by atoms with Crippen LogP contribution < -0.4 is 0 Å². The topological polar surface area (TPSA) is 111 Å². The number of carbonyl (C=O) groups is 1. The smallest absolute Gasteiger partial charge is 0.339 e. The van der Waals surface area contributed by atoms with Crippen LogP contribution >= 0.6 is 23.1 Å². The molecule has 4 rings (SSSR count). The van der Waals surface area contributed by atoms with E-state index in [-0.39, 0.29) is 17.9 Å². The van der Waals surface area contributed by atoms with Crippen molar-refractivity contribution in [3.05, 3.63) is 86.7 Å². The number of rotatable bonds is 6. The zero-order valence-electron chi connectivity index (χ0n) is 16.1. The summed E-state index contributed by atoms with van der Waals surface area (Å²) >= 11 is 2.66. The van der Waals surface area contributed by atoms with E-state index in [9.17, 15) is 20.2 Å². The van der Waals surface area contributed by atoms with E-state index in [1.807, 2.05) is 24.4 Å². The van der Waals surface area contributed by atoms with Crippen LogP contribution in [0.15, 0.2) is 63.4 Å². The summed E-state index contributed by atoms with van der Waals surface area (Å²) in [5.41, 5.74) is 2.40. The molecular formula is C21H14N4O4S2. The Kier molecular flexibility index (Phi) is 5.70. The summed E-state index contributed by atoms with van der Waals surface area (Å²) in [5, 5.41) is 22.6. The number of hydrogen-bond donors (Lipinski definition) is 0. The lowest BCUT2D eigenvalue weighted by Gasteiger charge is -2.08. The van der Waals surface area contributed by atoms with Gasteiger partial charge in [0.15, 0.2) is 4.34 Å². The van der Waals surface area contributed by atoms with Gasteiger partial charge in [-0.25, -0.2) is 9.78 Å². The van der Waals surface area contributed by atoms with Crippen molar-refractivity contribution >= 4 is 40.3 Å². The van der Waals surface area contributed by atoms with Crippen molar-refractivity contribution in [3.63, 3.8) is 0 Å². The Bertz CT molecular complexity index is 1350. The lowest BCUT2D eigenvalue weighted by atomic mass is 10.2. The van der Waals surface area contributed by atoms with Crippen molar-refractivity contribution in [1.82, 2.24) is 9.38 Å². The second-order valence-corrected chi connectivity index (χ2v) is 8.65. The highest BCUT2D eigenvalue weighted by Crippen LogP contribution is 2.35. The SMILES string of the molecule is Cc1csc(Sc2ccc([N+](=O)[O-])cc2C(=O)OCc2cn3ccccc3c2C#N)n1. The highest BCUT2D eigenvalue weighted by Gasteiger charge is 2.21. The fourth-order valence-electron chi connectivity index (χ4n) is 2.99. The molecule has 3 heterocycles. The van der Waals surface area contributed by atoms with E-state index in [1.165, 1.54) is 41.3 Å². The number of nitro groups is 1. The molecule has 0 unspecified atom stereocenters. The third-order valence-corrected chi connectivity index (χ3v) is 6.55. The number of aryl methyl sites for hydroxylation is 1. The number of thiazole rings is 1. The number of aromatic nitrogens is 2. The summed E-state index contributed by atoms with van der Waals surface area (Å²) in [6.07, 6.45) is 3.52. The van der Waals surface area contributed by atoms with Gasteiger partial charge in [0.25, 0.3) is 5.69 Å². The first-order valence-electron chi connectivity index (χ1n) is 9.00. The maximum atomic E-state index is 12.9. The monoisotopic (exact) mass is 450 g/mol. The molecule has 31 heavy (non-hydrogen) atoms. The van der Waals surface area contributed by atoms with Crippen LogP contribution in [0.3, 0.4) is 0 Å². The predicted molar refractivity (Wildman–Crippen MR) is 115 cm³/mol. The van der Waals surface area contributed by atoms with Crippen LogP contribution in [0, 0.1) is 28.4 Å². The van der Waals surface area contributed by atoms with Gasteiger partial charge < -0.3 is 9.14 Å². The van der Waals surface area contributed by atoms with Crippen LogP contribution in [0.25, 0.3) is 5.52 Å². The minimum absolute atomic E-state index is 0.0781. The van der Waals surface area contributed by atoms with Crippen molar-refractivity contribution in [2.75, 3.05) is 0 Å². The van der Waals surface area contributed by atoms with Crippen LogP contribution in [0.1, 0.15) is 27.2 Å². The summed E-state index contributed by atoms with van der Waals surface area (Å²) in [7, 11) is 0. The number of nitrogens with zero attached hydrogens (tertiary/aromatic N) is 4.